The fourth-order valence-corrected chi connectivity index (χ4v) is 2.10. The quantitative estimate of drug-likeness (QED) is 0.799. The zero-order chi connectivity index (χ0) is 9.84. The van der Waals surface area contributed by atoms with Gasteiger partial charge in [0.25, 0.3) is 5.24 Å². The summed E-state index contributed by atoms with van der Waals surface area (Å²) in [7, 11) is 1.61. The van der Waals surface area contributed by atoms with Gasteiger partial charge in [0.05, 0.1) is 0 Å². The minimum Gasteiger partial charge on any atom is -0.350 e. The van der Waals surface area contributed by atoms with Gasteiger partial charge in [-0.3, -0.25) is 4.79 Å². The van der Waals surface area contributed by atoms with Crippen molar-refractivity contribution in [1.29, 1.82) is 0 Å². The van der Waals surface area contributed by atoms with Crippen molar-refractivity contribution in [3.05, 3.63) is 27.1 Å². The van der Waals surface area contributed by atoms with E-state index >= 15 is 0 Å². The monoisotopic (exact) mass is 323 g/mol. The smallest absolute Gasteiger partial charge is 0.283 e. The standard InChI is InChI=1S/C8H7Br2NOS/c1-11-8(12)13-5-2-3-6(9)7(10)4-5/h2-4H,1H3,(H,11,12). The first kappa shape index (κ1) is 11.1. The summed E-state index contributed by atoms with van der Waals surface area (Å²) in [6.45, 7) is 0. The minimum atomic E-state index is -0.0609. The lowest BCUT2D eigenvalue weighted by Gasteiger charge is -2.01. The molecule has 0 aliphatic carbocycles. The Labute approximate surface area is 97.7 Å². The van der Waals surface area contributed by atoms with Crippen molar-refractivity contribution in [2.24, 2.45) is 0 Å². The molecule has 5 heteroatoms. The molecule has 0 saturated carbocycles. The predicted molar refractivity (Wildman–Crippen MR) is 62.2 cm³/mol. The molecule has 0 spiro atoms. The van der Waals surface area contributed by atoms with Crippen LogP contribution in [0.3, 0.4) is 0 Å². The Morgan fingerprint density at radius 2 is 2.08 bits per heavy atom. The highest BCUT2D eigenvalue weighted by Gasteiger charge is 2.03. The van der Waals surface area contributed by atoms with Gasteiger partial charge in [-0.25, -0.2) is 0 Å². The Kier molecular flexibility index (Phi) is 4.28. The summed E-state index contributed by atoms with van der Waals surface area (Å²) in [4.78, 5) is 11.9. The minimum absolute atomic E-state index is 0.0609. The van der Waals surface area contributed by atoms with Gasteiger partial charge in [-0.05, 0) is 61.8 Å². The van der Waals surface area contributed by atoms with Crippen LogP contribution in [0.25, 0.3) is 0 Å². The van der Waals surface area contributed by atoms with Crippen LogP contribution >= 0.6 is 43.6 Å². The lowest BCUT2D eigenvalue weighted by Crippen LogP contribution is -2.10. The molecule has 0 bridgehead atoms. The largest absolute Gasteiger partial charge is 0.350 e. The van der Waals surface area contributed by atoms with E-state index in [1.807, 2.05) is 18.2 Å². The zero-order valence-electron chi connectivity index (χ0n) is 6.80. The molecule has 0 aliphatic heterocycles. The molecule has 0 unspecified atom stereocenters. The van der Waals surface area contributed by atoms with Crippen LogP contribution in [0.15, 0.2) is 32.0 Å². The summed E-state index contributed by atoms with van der Waals surface area (Å²) in [5.41, 5.74) is 0. The van der Waals surface area contributed by atoms with E-state index in [-0.39, 0.29) is 5.24 Å². The Morgan fingerprint density at radius 3 is 2.62 bits per heavy atom. The molecule has 2 nitrogen and oxygen atoms in total. The molecule has 1 N–H and O–H groups in total. The number of thioether (sulfide) groups is 1. The van der Waals surface area contributed by atoms with Crippen molar-refractivity contribution in [3.8, 4) is 0 Å². The number of nitrogens with one attached hydrogen (secondary N) is 1. The summed E-state index contributed by atoms with van der Waals surface area (Å²) >= 11 is 7.89. The van der Waals surface area contributed by atoms with E-state index in [2.05, 4.69) is 37.2 Å². The van der Waals surface area contributed by atoms with E-state index in [4.69, 9.17) is 0 Å². The predicted octanol–water partition coefficient (Wildman–Crippen LogP) is 3.64. The number of carbonyl (C=O) groups is 1. The molecule has 1 aromatic carbocycles. The maximum absolute atomic E-state index is 11.0. The van der Waals surface area contributed by atoms with Crippen molar-refractivity contribution in [3.63, 3.8) is 0 Å². The molecular formula is C8H7Br2NOS. The molecule has 70 valence electrons. The van der Waals surface area contributed by atoms with E-state index in [1.54, 1.807) is 7.05 Å². The van der Waals surface area contributed by atoms with E-state index in [9.17, 15) is 4.79 Å². The second kappa shape index (κ2) is 5.02. The third-order valence-corrected chi connectivity index (χ3v) is 4.06. The molecule has 0 aliphatic rings. The Morgan fingerprint density at radius 1 is 1.38 bits per heavy atom. The highest BCUT2D eigenvalue weighted by molar-refractivity contribution is 9.13. The summed E-state index contributed by atoms with van der Waals surface area (Å²) in [5, 5.41) is 2.48. The van der Waals surface area contributed by atoms with Crippen LogP contribution in [-0.4, -0.2) is 12.3 Å². The van der Waals surface area contributed by atoms with Crippen LogP contribution in [-0.2, 0) is 0 Å². The van der Waals surface area contributed by atoms with Crippen LogP contribution in [0.4, 0.5) is 4.79 Å². The molecule has 13 heavy (non-hydrogen) atoms. The number of benzene rings is 1. The molecule has 1 aromatic rings. The molecule has 0 atom stereocenters. The third-order valence-electron chi connectivity index (χ3n) is 1.31. The topological polar surface area (TPSA) is 29.1 Å². The Hall–Kier alpha value is -0.000000000000000111. The fourth-order valence-electron chi connectivity index (χ4n) is 0.698. The number of rotatable bonds is 1. The number of halogens is 2. The average molecular weight is 325 g/mol. The van der Waals surface area contributed by atoms with Gasteiger partial charge in [-0.2, -0.15) is 0 Å². The maximum atomic E-state index is 11.0. The molecule has 0 radical (unpaired) electrons. The van der Waals surface area contributed by atoms with Gasteiger partial charge in [-0.15, -0.1) is 0 Å². The van der Waals surface area contributed by atoms with Crippen LogP contribution < -0.4 is 5.32 Å². The Bertz CT molecular complexity index is 330. The van der Waals surface area contributed by atoms with E-state index in [0.717, 1.165) is 13.8 Å². The molecule has 0 heterocycles. The van der Waals surface area contributed by atoms with Crippen molar-refractivity contribution in [2.45, 2.75) is 4.90 Å². The number of carbonyl (C=O) groups excluding carboxylic acids is 1. The SMILES string of the molecule is CNC(=O)Sc1ccc(Br)c(Br)c1. The van der Waals surface area contributed by atoms with Crippen molar-refractivity contribution in [2.75, 3.05) is 7.05 Å². The van der Waals surface area contributed by atoms with Gasteiger partial charge in [0.15, 0.2) is 0 Å². The molecule has 1 amide bonds. The summed E-state index contributed by atoms with van der Waals surface area (Å²) < 4.78 is 1.93. The van der Waals surface area contributed by atoms with Gasteiger partial charge in [0, 0.05) is 20.9 Å². The second-order valence-corrected chi connectivity index (χ2v) is 4.97. The van der Waals surface area contributed by atoms with E-state index in [1.165, 1.54) is 11.8 Å². The van der Waals surface area contributed by atoms with Crippen molar-refractivity contribution >= 4 is 48.9 Å². The number of hydrogen-bond donors (Lipinski definition) is 1. The summed E-state index contributed by atoms with van der Waals surface area (Å²) in [6.07, 6.45) is 0. The van der Waals surface area contributed by atoms with Crippen molar-refractivity contribution < 1.29 is 4.79 Å². The van der Waals surface area contributed by atoms with Gasteiger partial charge in [0.1, 0.15) is 0 Å². The third kappa shape index (κ3) is 3.32. The van der Waals surface area contributed by atoms with Crippen LogP contribution in [0.1, 0.15) is 0 Å². The lowest BCUT2D eigenvalue weighted by molar-refractivity contribution is 0.262. The Balaban J connectivity index is 2.79. The molecule has 0 saturated heterocycles. The fraction of sp³-hybridized carbons (Fsp3) is 0.125. The van der Waals surface area contributed by atoms with Gasteiger partial charge >= 0.3 is 0 Å². The lowest BCUT2D eigenvalue weighted by atomic mass is 10.4. The zero-order valence-corrected chi connectivity index (χ0v) is 10.8. The molecular weight excluding hydrogens is 318 g/mol. The van der Waals surface area contributed by atoms with Gasteiger partial charge in [-0.1, -0.05) is 0 Å². The first-order valence-electron chi connectivity index (χ1n) is 3.48. The number of hydrogen-bond acceptors (Lipinski definition) is 2. The van der Waals surface area contributed by atoms with Crippen LogP contribution in [0, 0.1) is 0 Å². The summed E-state index contributed by atoms with van der Waals surface area (Å²) in [6, 6.07) is 5.67. The van der Waals surface area contributed by atoms with Crippen LogP contribution in [0.2, 0.25) is 0 Å². The normalized spacial score (nSPS) is 9.77. The van der Waals surface area contributed by atoms with Crippen LogP contribution in [0.5, 0.6) is 0 Å². The maximum Gasteiger partial charge on any atom is 0.283 e. The highest BCUT2D eigenvalue weighted by atomic mass is 79.9. The molecule has 1 rings (SSSR count). The highest BCUT2D eigenvalue weighted by Crippen LogP contribution is 2.28. The van der Waals surface area contributed by atoms with Crippen molar-refractivity contribution in [1.82, 2.24) is 5.32 Å². The number of amides is 1. The summed E-state index contributed by atoms with van der Waals surface area (Å²) in [5.74, 6) is 0. The van der Waals surface area contributed by atoms with Gasteiger partial charge in [0.2, 0.25) is 0 Å². The first-order chi connectivity index (χ1) is 6.13. The molecule has 0 aromatic heterocycles. The second-order valence-electron chi connectivity index (χ2n) is 2.22. The van der Waals surface area contributed by atoms with Gasteiger partial charge < -0.3 is 5.32 Å². The molecule has 0 fully saturated rings. The van der Waals surface area contributed by atoms with E-state index in [0.29, 0.717) is 0 Å². The average Bonchev–Trinajstić information content (AvgIpc) is 2.11. The first-order valence-corrected chi connectivity index (χ1v) is 5.88. The van der Waals surface area contributed by atoms with E-state index < -0.39 is 0 Å².